The van der Waals surface area contributed by atoms with Gasteiger partial charge in [0.1, 0.15) is 18.4 Å². The van der Waals surface area contributed by atoms with Gasteiger partial charge in [0.25, 0.3) is 0 Å². The first-order chi connectivity index (χ1) is 10.8. The zero-order valence-electron chi connectivity index (χ0n) is 13.5. The summed E-state index contributed by atoms with van der Waals surface area (Å²) >= 11 is 0. The van der Waals surface area contributed by atoms with Crippen LogP contribution in [0.5, 0.6) is 5.75 Å². The molecule has 0 bridgehead atoms. The zero-order valence-corrected chi connectivity index (χ0v) is 14.3. The maximum atomic E-state index is 12.2. The first kappa shape index (κ1) is 19.4. The molecule has 0 heterocycles. The molecule has 0 saturated carbocycles. The number of hydrogen-bond donors (Lipinski definition) is 2. The predicted molar refractivity (Wildman–Crippen MR) is 85.0 cm³/mol. The molecule has 0 amide bonds. The van der Waals surface area contributed by atoms with E-state index in [2.05, 4.69) is 4.72 Å². The molecule has 1 rings (SSSR count). The molecule has 0 aromatic heterocycles. The average Bonchev–Trinajstić information content (AvgIpc) is 2.49. The van der Waals surface area contributed by atoms with Crippen LogP contribution in [0.1, 0.15) is 20.8 Å². The first-order valence-corrected chi connectivity index (χ1v) is 8.82. The van der Waals surface area contributed by atoms with Gasteiger partial charge in [-0.15, -0.1) is 0 Å². The number of carboxylic acid groups (broad SMARTS) is 1. The van der Waals surface area contributed by atoms with Gasteiger partial charge in [0, 0.05) is 6.61 Å². The second-order valence-corrected chi connectivity index (χ2v) is 6.91. The lowest BCUT2D eigenvalue weighted by atomic mass is 10.1. The summed E-state index contributed by atoms with van der Waals surface area (Å²) < 4.78 is 37.2. The van der Waals surface area contributed by atoms with Crippen molar-refractivity contribution in [3.8, 4) is 5.75 Å². The van der Waals surface area contributed by atoms with E-state index < -0.39 is 22.0 Å². The molecule has 0 unspecified atom stereocenters. The molecule has 8 heteroatoms. The minimum Gasteiger partial charge on any atom is -0.491 e. The predicted octanol–water partition coefficient (Wildman–Crippen LogP) is 1.49. The van der Waals surface area contributed by atoms with Crippen LogP contribution < -0.4 is 9.46 Å². The van der Waals surface area contributed by atoms with Crippen molar-refractivity contribution < 1.29 is 27.8 Å². The fourth-order valence-electron chi connectivity index (χ4n) is 1.78. The van der Waals surface area contributed by atoms with Crippen LogP contribution in [0.3, 0.4) is 0 Å². The summed E-state index contributed by atoms with van der Waals surface area (Å²) in [5, 5.41) is 9.08. The quantitative estimate of drug-likeness (QED) is 0.623. The molecule has 0 fully saturated rings. The molecular formula is C15H23NO6S. The molecule has 0 aliphatic heterocycles. The third kappa shape index (κ3) is 6.17. The van der Waals surface area contributed by atoms with Crippen molar-refractivity contribution in [1.82, 2.24) is 4.72 Å². The highest BCUT2D eigenvalue weighted by Gasteiger charge is 2.27. The SMILES string of the molecule is CCOCCOc1ccc(S(=O)(=O)N[C@@H](C(=O)O)C(C)C)cc1. The fourth-order valence-corrected chi connectivity index (χ4v) is 3.12. The second-order valence-electron chi connectivity index (χ2n) is 5.20. The Balaban J connectivity index is 2.75. The van der Waals surface area contributed by atoms with E-state index in [4.69, 9.17) is 14.6 Å². The van der Waals surface area contributed by atoms with Gasteiger partial charge in [-0.3, -0.25) is 4.79 Å². The van der Waals surface area contributed by atoms with E-state index in [9.17, 15) is 13.2 Å². The minimum absolute atomic E-state index is 0.0124. The number of sulfonamides is 1. The Hall–Kier alpha value is -1.64. The van der Waals surface area contributed by atoms with Crippen molar-refractivity contribution in [3.05, 3.63) is 24.3 Å². The van der Waals surface area contributed by atoms with Crippen LogP contribution in [-0.4, -0.2) is 45.4 Å². The lowest BCUT2D eigenvalue weighted by Gasteiger charge is -2.18. The van der Waals surface area contributed by atoms with E-state index in [0.29, 0.717) is 25.6 Å². The number of carboxylic acids is 1. The van der Waals surface area contributed by atoms with Crippen LogP contribution in [0.4, 0.5) is 0 Å². The van der Waals surface area contributed by atoms with Crippen LogP contribution in [0.15, 0.2) is 29.2 Å². The van der Waals surface area contributed by atoms with Gasteiger partial charge in [-0.05, 0) is 37.1 Å². The summed E-state index contributed by atoms with van der Waals surface area (Å²) in [7, 11) is -3.91. The van der Waals surface area contributed by atoms with Crippen molar-refractivity contribution in [2.45, 2.75) is 31.7 Å². The van der Waals surface area contributed by atoms with Crippen LogP contribution in [-0.2, 0) is 19.6 Å². The van der Waals surface area contributed by atoms with Crippen LogP contribution in [0.2, 0.25) is 0 Å². The number of carbonyl (C=O) groups is 1. The number of rotatable bonds is 10. The normalized spacial score (nSPS) is 13.0. The minimum atomic E-state index is -3.91. The molecule has 1 aromatic rings. The lowest BCUT2D eigenvalue weighted by molar-refractivity contribution is -0.140. The van der Waals surface area contributed by atoms with Gasteiger partial charge in [-0.2, -0.15) is 4.72 Å². The van der Waals surface area contributed by atoms with E-state index >= 15 is 0 Å². The lowest BCUT2D eigenvalue weighted by Crippen LogP contribution is -2.44. The Labute approximate surface area is 136 Å². The molecule has 130 valence electrons. The van der Waals surface area contributed by atoms with Gasteiger partial charge in [0.05, 0.1) is 11.5 Å². The molecule has 0 aliphatic carbocycles. The van der Waals surface area contributed by atoms with Gasteiger partial charge >= 0.3 is 5.97 Å². The monoisotopic (exact) mass is 345 g/mol. The number of benzene rings is 1. The molecule has 7 nitrogen and oxygen atoms in total. The Bertz CT molecular complexity index is 597. The van der Waals surface area contributed by atoms with Crippen LogP contribution in [0, 0.1) is 5.92 Å². The third-order valence-electron chi connectivity index (χ3n) is 3.05. The Morgan fingerprint density at radius 1 is 1.22 bits per heavy atom. The highest BCUT2D eigenvalue weighted by molar-refractivity contribution is 7.89. The molecule has 0 spiro atoms. The van der Waals surface area contributed by atoms with Crippen molar-refractivity contribution in [3.63, 3.8) is 0 Å². The largest absolute Gasteiger partial charge is 0.491 e. The first-order valence-electron chi connectivity index (χ1n) is 7.33. The average molecular weight is 345 g/mol. The van der Waals surface area contributed by atoms with Crippen molar-refractivity contribution >= 4 is 16.0 Å². The van der Waals surface area contributed by atoms with Gasteiger partial charge in [0.15, 0.2) is 0 Å². The summed E-state index contributed by atoms with van der Waals surface area (Å²) in [6.07, 6.45) is 0. The summed E-state index contributed by atoms with van der Waals surface area (Å²) in [6, 6.07) is 4.61. The summed E-state index contributed by atoms with van der Waals surface area (Å²) in [5.74, 6) is -1.06. The summed E-state index contributed by atoms with van der Waals surface area (Å²) in [6.45, 7) is 6.58. The van der Waals surface area contributed by atoms with E-state index in [-0.39, 0.29) is 10.8 Å². The molecule has 23 heavy (non-hydrogen) atoms. The smallest absolute Gasteiger partial charge is 0.322 e. The van der Waals surface area contributed by atoms with Crippen LogP contribution >= 0.6 is 0 Å². The standard InChI is InChI=1S/C15H23NO6S/c1-4-21-9-10-22-12-5-7-13(8-6-12)23(19,20)16-14(11(2)3)15(17)18/h5-8,11,14,16H,4,9-10H2,1-3H3,(H,17,18)/t14-/m1/s1. The molecule has 0 aliphatic rings. The second kappa shape index (κ2) is 8.85. The van der Waals surface area contributed by atoms with E-state index in [1.54, 1.807) is 13.8 Å². The topological polar surface area (TPSA) is 102 Å². The Morgan fingerprint density at radius 3 is 2.30 bits per heavy atom. The van der Waals surface area contributed by atoms with Gasteiger partial charge < -0.3 is 14.6 Å². The summed E-state index contributed by atoms with van der Waals surface area (Å²) in [4.78, 5) is 11.1. The van der Waals surface area contributed by atoms with Gasteiger partial charge in [0.2, 0.25) is 10.0 Å². The van der Waals surface area contributed by atoms with E-state index in [1.165, 1.54) is 24.3 Å². The number of ether oxygens (including phenoxy) is 2. The molecule has 2 N–H and O–H groups in total. The Kier molecular flexibility index (Phi) is 7.47. The van der Waals surface area contributed by atoms with Crippen LogP contribution in [0.25, 0.3) is 0 Å². The van der Waals surface area contributed by atoms with Crippen molar-refractivity contribution in [2.24, 2.45) is 5.92 Å². The molecule has 1 aromatic carbocycles. The molecule has 0 saturated heterocycles. The highest BCUT2D eigenvalue weighted by atomic mass is 32.2. The molecular weight excluding hydrogens is 322 g/mol. The number of aliphatic carboxylic acids is 1. The van der Waals surface area contributed by atoms with E-state index in [1.807, 2.05) is 6.92 Å². The van der Waals surface area contributed by atoms with Crippen molar-refractivity contribution in [1.29, 1.82) is 0 Å². The molecule has 0 radical (unpaired) electrons. The molecule has 1 atom stereocenters. The van der Waals surface area contributed by atoms with Crippen molar-refractivity contribution in [2.75, 3.05) is 19.8 Å². The highest BCUT2D eigenvalue weighted by Crippen LogP contribution is 2.17. The number of hydrogen-bond acceptors (Lipinski definition) is 5. The Morgan fingerprint density at radius 2 is 1.83 bits per heavy atom. The fraction of sp³-hybridized carbons (Fsp3) is 0.533. The van der Waals surface area contributed by atoms with Gasteiger partial charge in [-0.25, -0.2) is 8.42 Å². The maximum Gasteiger partial charge on any atom is 0.322 e. The summed E-state index contributed by atoms with van der Waals surface area (Å²) in [5.41, 5.74) is 0. The van der Waals surface area contributed by atoms with E-state index in [0.717, 1.165) is 0 Å². The van der Waals surface area contributed by atoms with Gasteiger partial charge in [-0.1, -0.05) is 13.8 Å². The maximum absolute atomic E-state index is 12.2. The number of nitrogens with one attached hydrogen (secondary N) is 1. The third-order valence-corrected chi connectivity index (χ3v) is 4.51. The zero-order chi connectivity index (χ0) is 17.5.